The Kier molecular flexibility index (Phi) is 4.76. The lowest BCUT2D eigenvalue weighted by molar-refractivity contribution is 0.252. The van der Waals surface area contributed by atoms with Crippen molar-refractivity contribution >= 4 is 0 Å². The zero-order valence-corrected chi connectivity index (χ0v) is 11.8. The first-order chi connectivity index (χ1) is 7.86. The maximum Gasteiger partial charge on any atom is 0.0433 e. The molecule has 0 aromatic heterocycles. The molecule has 17 heavy (non-hydrogen) atoms. The normalized spacial score (nSPS) is 15.6. The van der Waals surface area contributed by atoms with Crippen molar-refractivity contribution in [3.63, 3.8) is 0 Å². The third-order valence-corrected chi connectivity index (χ3v) is 3.74. The third kappa shape index (κ3) is 3.85. The summed E-state index contributed by atoms with van der Waals surface area (Å²) in [5.74, 6) is 1.04. The van der Waals surface area contributed by atoms with Crippen LogP contribution < -0.4 is 0 Å². The second-order valence-corrected chi connectivity index (χ2v) is 6.15. The number of aliphatic hydroxyl groups excluding tert-OH is 1. The lowest BCUT2D eigenvalue weighted by atomic mass is 9.83. The Balaban J connectivity index is 2.80. The molecule has 1 N–H and O–H groups in total. The van der Waals surface area contributed by atoms with Crippen LogP contribution >= 0.6 is 0 Å². The Morgan fingerprint density at radius 3 is 2.00 bits per heavy atom. The maximum absolute atomic E-state index is 8.98. The van der Waals surface area contributed by atoms with Crippen LogP contribution in [0.4, 0.5) is 0 Å². The van der Waals surface area contributed by atoms with Crippen LogP contribution in [-0.4, -0.2) is 11.7 Å². The summed E-state index contributed by atoms with van der Waals surface area (Å²) in [4.78, 5) is 0. The van der Waals surface area contributed by atoms with E-state index in [1.54, 1.807) is 0 Å². The molecule has 0 spiro atoms. The van der Waals surface area contributed by atoms with Gasteiger partial charge in [-0.3, -0.25) is 0 Å². The van der Waals surface area contributed by atoms with Crippen molar-refractivity contribution in [1.82, 2.24) is 0 Å². The molecule has 96 valence electrons. The fourth-order valence-corrected chi connectivity index (χ4v) is 2.07. The Bertz CT molecular complexity index is 332. The molecule has 0 aliphatic heterocycles. The number of aliphatic hydroxyl groups is 1. The molecular formula is C16H26O. The molecule has 0 heterocycles. The van der Waals surface area contributed by atoms with Gasteiger partial charge in [-0.05, 0) is 34.8 Å². The minimum atomic E-state index is 0.221. The molecule has 0 aliphatic carbocycles. The molecule has 1 rings (SSSR count). The van der Waals surface area contributed by atoms with Crippen LogP contribution in [-0.2, 0) is 5.41 Å². The number of benzene rings is 1. The highest BCUT2D eigenvalue weighted by atomic mass is 16.3. The van der Waals surface area contributed by atoms with Crippen molar-refractivity contribution in [2.24, 2.45) is 5.92 Å². The third-order valence-electron chi connectivity index (χ3n) is 3.74. The average Bonchev–Trinajstić information content (AvgIpc) is 2.27. The van der Waals surface area contributed by atoms with Gasteiger partial charge in [0.2, 0.25) is 0 Å². The predicted octanol–water partition coefficient (Wildman–Crippen LogP) is 4.11. The van der Waals surface area contributed by atoms with Crippen molar-refractivity contribution in [2.45, 2.75) is 52.4 Å². The van der Waals surface area contributed by atoms with Gasteiger partial charge in [0, 0.05) is 6.61 Å². The molecule has 0 saturated carbocycles. The van der Waals surface area contributed by atoms with Gasteiger partial charge in [-0.25, -0.2) is 0 Å². The molecule has 0 bridgehead atoms. The molecule has 0 radical (unpaired) electrons. The van der Waals surface area contributed by atoms with Gasteiger partial charge in [0.25, 0.3) is 0 Å². The first-order valence-corrected chi connectivity index (χ1v) is 6.57. The van der Waals surface area contributed by atoms with Gasteiger partial charge in [-0.15, -0.1) is 0 Å². The van der Waals surface area contributed by atoms with Gasteiger partial charge in [0.1, 0.15) is 0 Å². The van der Waals surface area contributed by atoms with Gasteiger partial charge in [-0.2, -0.15) is 0 Å². The second-order valence-electron chi connectivity index (χ2n) is 6.15. The zero-order valence-electron chi connectivity index (χ0n) is 11.8. The SMILES string of the molecule is CC(CCO)C(C)c1ccc(C(C)(C)C)cc1. The molecule has 0 fully saturated rings. The quantitative estimate of drug-likeness (QED) is 0.831. The molecule has 2 atom stereocenters. The Morgan fingerprint density at radius 2 is 1.59 bits per heavy atom. The zero-order chi connectivity index (χ0) is 13.1. The average molecular weight is 234 g/mol. The summed E-state index contributed by atoms with van der Waals surface area (Å²) in [6.45, 7) is 11.4. The summed E-state index contributed by atoms with van der Waals surface area (Å²) in [6.07, 6.45) is 0.877. The first kappa shape index (κ1) is 14.2. The van der Waals surface area contributed by atoms with Gasteiger partial charge < -0.3 is 5.11 Å². The van der Waals surface area contributed by atoms with E-state index in [4.69, 9.17) is 5.11 Å². The monoisotopic (exact) mass is 234 g/mol. The maximum atomic E-state index is 8.98. The van der Waals surface area contributed by atoms with Crippen LogP contribution in [0, 0.1) is 5.92 Å². The topological polar surface area (TPSA) is 20.2 Å². The number of rotatable bonds is 4. The molecule has 2 unspecified atom stereocenters. The fourth-order valence-electron chi connectivity index (χ4n) is 2.07. The lowest BCUT2D eigenvalue weighted by Crippen LogP contribution is -2.12. The summed E-state index contributed by atoms with van der Waals surface area (Å²) in [5.41, 5.74) is 2.97. The highest BCUT2D eigenvalue weighted by molar-refractivity contribution is 5.29. The highest BCUT2D eigenvalue weighted by Crippen LogP contribution is 2.29. The molecule has 1 aromatic carbocycles. The van der Waals surface area contributed by atoms with Crippen molar-refractivity contribution in [1.29, 1.82) is 0 Å². The first-order valence-electron chi connectivity index (χ1n) is 6.57. The van der Waals surface area contributed by atoms with Gasteiger partial charge in [0.05, 0.1) is 0 Å². The van der Waals surface area contributed by atoms with Crippen LogP contribution in [0.5, 0.6) is 0 Å². The second kappa shape index (κ2) is 5.68. The summed E-state index contributed by atoms with van der Waals surface area (Å²) in [6, 6.07) is 8.94. The van der Waals surface area contributed by atoms with Crippen molar-refractivity contribution < 1.29 is 5.11 Å². The number of hydrogen-bond donors (Lipinski definition) is 1. The molecule has 0 saturated heterocycles. The molecule has 1 aromatic rings. The van der Waals surface area contributed by atoms with Crippen LogP contribution in [0.1, 0.15) is 58.1 Å². The van der Waals surface area contributed by atoms with Gasteiger partial charge >= 0.3 is 0 Å². The van der Waals surface area contributed by atoms with Crippen LogP contribution in [0.15, 0.2) is 24.3 Å². The van der Waals surface area contributed by atoms with E-state index in [0.717, 1.165) is 6.42 Å². The van der Waals surface area contributed by atoms with E-state index in [1.165, 1.54) is 11.1 Å². The minimum Gasteiger partial charge on any atom is -0.396 e. The predicted molar refractivity (Wildman–Crippen MR) is 74.4 cm³/mol. The summed E-state index contributed by atoms with van der Waals surface area (Å²) in [7, 11) is 0. The standard InChI is InChI=1S/C16H26O/c1-12(10-11-17)13(2)14-6-8-15(9-7-14)16(3,4)5/h6-9,12-13,17H,10-11H2,1-5H3. The van der Waals surface area contributed by atoms with E-state index in [-0.39, 0.29) is 12.0 Å². The molecule has 0 amide bonds. The Labute approximate surface area is 106 Å². The minimum absolute atomic E-state index is 0.221. The Morgan fingerprint density at radius 1 is 1.06 bits per heavy atom. The largest absolute Gasteiger partial charge is 0.396 e. The smallest absolute Gasteiger partial charge is 0.0433 e. The van der Waals surface area contributed by atoms with Crippen LogP contribution in [0.3, 0.4) is 0 Å². The van der Waals surface area contributed by atoms with E-state index < -0.39 is 0 Å². The lowest BCUT2D eigenvalue weighted by Gasteiger charge is -2.22. The van der Waals surface area contributed by atoms with E-state index in [1.807, 2.05) is 0 Å². The summed E-state index contributed by atoms with van der Waals surface area (Å²) < 4.78 is 0. The Hall–Kier alpha value is -0.820. The fraction of sp³-hybridized carbons (Fsp3) is 0.625. The van der Waals surface area contributed by atoms with E-state index in [9.17, 15) is 0 Å². The van der Waals surface area contributed by atoms with Crippen LogP contribution in [0.25, 0.3) is 0 Å². The number of hydrogen-bond acceptors (Lipinski definition) is 1. The molecule has 0 aliphatic rings. The van der Waals surface area contributed by atoms with E-state index >= 15 is 0 Å². The van der Waals surface area contributed by atoms with Crippen molar-refractivity contribution in [3.05, 3.63) is 35.4 Å². The van der Waals surface area contributed by atoms with Crippen molar-refractivity contribution in [3.8, 4) is 0 Å². The summed E-state index contributed by atoms with van der Waals surface area (Å²) >= 11 is 0. The summed E-state index contributed by atoms with van der Waals surface area (Å²) in [5, 5.41) is 8.98. The van der Waals surface area contributed by atoms with Crippen LogP contribution in [0.2, 0.25) is 0 Å². The van der Waals surface area contributed by atoms with E-state index in [2.05, 4.69) is 58.9 Å². The molecule has 1 heteroatoms. The molecule has 1 nitrogen and oxygen atoms in total. The molecular weight excluding hydrogens is 208 g/mol. The highest BCUT2D eigenvalue weighted by Gasteiger charge is 2.16. The van der Waals surface area contributed by atoms with Gasteiger partial charge in [-0.1, -0.05) is 58.9 Å². The van der Waals surface area contributed by atoms with E-state index in [0.29, 0.717) is 11.8 Å². The van der Waals surface area contributed by atoms with Gasteiger partial charge in [0.15, 0.2) is 0 Å². The van der Waals surface area contributed by atoms with Crippen molar-refractivity contribution in [2.75, 3.05) is 6.61 Å².